The summed E-state index contributed by atoms with van der Waals surface area (Å²) in [5, 5.41) is 11.6. The van der Waals surface area contributed by atoms with Crippen LogP contribution in [0, 0.1) is 20.8 Å². The lowest BCUT2D eigenvalue weighted by Crippen LogP contribution is -3.15. The van der Waals surface area contributed by atoms with E-state index in [0.29, 0.717) is 22.8 Å². The Balaban J connectivity index is 2.08. The van der Waals surface area contributed by atoms with Gasteiger partial charge < -0.3 is 14.4 Å². The molecule has 130 valence electrons. The molecular weight excluding hydrogens is 302 g/mol. The molecule has 2 atom stereocenters. The topological polar surface area (TPSA) is 54.9 Å². The van der Waals surface area contributed by atoms with E-state index in [1.807, 2.05) is 19.9 Å². The Bertz CT molecular complexity index is 822. The molecule has 1 aliphatic heterocycles. The average molecular weight is 330 g/mol. The number of rotatable bonds is 3. The minimum absolute atomic E-state index is 0.279. The summed E-state index contributed by atoms with van der Waals surface area (Å²) >= 11 is 0. The molecule has 1 aromatic carbocycles. The SMILES string of the molecule is CC[C@H]1CCCC[NH+]1Cc1cc2c(C)c(C)c(=O)oc2c(C)c1O. The minimum atomic E-state index is -0.317. The quantitative estimate of drug-likeness (QED) is 0.851. The zero-order valence-electron chi connectivity index (χ0n) is 15.2. The van der Waals surface area contributed by atoms with Gasteiger partial charge in [-0.2, -0.15) is 0 Å². The van der Waals surface area contributed by atoms with Crippen LogP contribution in [0.5, 0.6) is 5.75 Å². The van der Waals surface area contributed by atoms with Crippen molar-refractivity contribution in [1.29, 1.82) is 0 Å². The molecule has 0 amide bonds. The second-order valence-electron chi connectivity index (χ2n) is 7.21. The number of quaternary nitrogens is 1. The first-order valence-electron chi connectivity index (χ1n) is 9.04. The highest BCUT2D eigenvalue weighted by atomic mass is 16.4. The number of piperidine rings is 1. The molecule has 0 bridgehead atoms. The Morgan fingerprint density at radius 3 is 2.67 bits per heavy atom. The predicted octanol–water partition coefficient (Wildman–Crippen LogP) is 2.77. The van der Waals surface area contributed by atoms with Gasteiger partial charge in [0.25, 0.3) is 0 Å². The van der Waals surface area contributed by atoms with Gasteiger partial charge in [0, 0.05) is 22.1 Å². The molecule has 0 spiro atoms. The van der Waals surface area contributed by atoms with Gasteiger partial charge in [-0.25, -0.2) is 4.79 Å². The smallest absolute Gasteiger partial charge is 0.339 e. The van der Waals surface area contributed by atoms with Crippen LogP contribution < -0.4 is 10.5 Å². The third kappa shape index (κ3) is 2.84. The number of phenols is 1. The standard InChI is InChI=1S/C20H27NO3/c1-5-16-8-6-7-9-21(16)11-15-10-17-12(2)13(3)20(23)24-19(17)14(4)18(15)22/h10,16,22H,5-9,11H2,1-4H3/p+1/t16-/m0/s1. The predicted molar refractivity (Wildman–Crippen MR) is 95.8 cm³/mol. The van der Waals surface area contributed by atoms with Gasteiger partial charge in [-0.05, 0) is 58.1 Å². The molecule has 24 heavy (non-hydrogen) atoms. The van der Waals surface area contributed by atoms with Crippen molar-refractivity contribution in [3.05, 3.63) is 38.7 Å². The van der Waals surface area contributed by atoms with E-state index in [0.717, 1.165) is 29.6 Å². The number of hydrogen-bond acceptors (Lipinski definition) is 3. The van der Waals surface area contributed by atoms with Crippen LogP contribution in [0.25, 0.3) is 11.0 Å². The fourth-order valence-electron chi connectivity index (χ4n) is 4.05. The van der Waals surface area contributed by atoms with Crippen molar-refractivity contribution in [1.82, 2.24) is 0 Å². The first-order chi connectivity index (χ1) is 11.4. The van der Waals surface area contributed by atoms with Gasteiger partial charge in [-0.3, -0.25) is 0 Å². The summed E-state index contributed by atoms with van der Waals surface area (Å²) in [6, 6.07) is 2.70. The van der Waals surface area contributed by atoms with Crippen LogP contribution in [-0.2, 0) is 6.54 Å². The summed E-state index contributed by atoms with van der Waals surface area (Å²) in [6.45, 7) is 9.84. The maximum atomic E-state index is 11.9. The Kier molecular flexibility index (Phi) is 4.68. The van der Waals surface area contributed by atoms with Crippen molar-refractivity contribution in [2.45, 2.75) is 66.0 Å². The van der Waals surface area contributed by atoms with Crippen LogP contribution in [0.2, 0.25) is 0 Å². The van der Waals surface area contributed by atoms with Crippen LogP contribution in [0.15, 0.2) is 15.3 Å². The van der Waals surface area contributed by atoms with Crippen molar-refractivity contribution in [2.24, 2.45) is 0 Å². The van der Waals surface area contributed by atoms with Crippen LogP contribution in [-0.4, -0.2) is 17.7 Å². The number of likely N-dealkylation sites (tertiary alicyclic amines) is 1. The normalized spacial score (nSPS) is 21.3. The molecule has 0 radical (unpaired) electrons. The van der Waals surface area contributed by atoms with Gasteiger partial charge >= 0.3 is 5.63 Å². The Hall–Kier alpha value is -1.81. The molecule has 3 rings (SSSR count). The van der Waals surface area contributed by atoms with E-state index in [2.05, 4.69) is 6.92 Å². The van der Waals surface area contributed by atoms with Crippen molar-refractivity contribution in [3.8, 4) is 5.75 Å². The third-order valence-corrected chi connectivity index (χ3v) is 5.82. The van der Waals surface area contributed by atoms with Gasteiger partial charge in [-0.1, -0.05) is 6.92 Å². The molecule has 2 N–H and O–H groups in total. The lowest BCUT2D eigenvalue weighted by atomic mass is 9.96. The summed E-state index contributed by atoms with van der Waals surface area (Å²) in [7, 11) is 0. The fourth-order valence-corrected chi connectivity index (χ4v) is 4.05. The maximum Gasteiger partial charge on any atom is 0.339 e. The van der Waals surface area contributed by atoms with E-state index in [9.17, 15) is 9.90 Å². The number of fused-ring (bicyclic) bond motifs is 1. The van der Waals surface area contributed by atoms with E-state index in [1.165, 1.54) is 25.7 Å². The third-order valence-electron chi connectivity index (χ3n) is 5.82. The van der Waals surface area contributed by atoms with E-state index < -0.39 is 0 Å². The highest BCUT2D eigenvalue weighted by molar-refractivity contribution is 5.86. The molecule has 1 aliphatic rings. The first kappa shape index (κ1) is 17.0. The highest BCUT2D eigenvalue weighted by Gasteiger charge is 2.26. The summed E-state index contributed by atoms with van der Waals surface area (Å²) in [6.07, 6.45) is 5.02. The molecule has 1 fully saturated rings. The van der Waals surface area contributed by atoms with E-state index >= 15 is 0 Å². The zero-order valence-corrected chi connectivity index (χ0v) is 15.2. The van der Waals surface area contributed by atoms with Crippen molar-refractivity contribution in [2.75, 3.05) is 6.54 Å². The summed E-state index contributed by atoms with van der Waals surface area (Å²) in [5.41, 5.74) is 3.44. The number of nitrogens with one attached hydrogen (secondary N) is 1. The highest BCUT2D eigenvalue weighted by Crippen LogP contribution is 2.32. The van der Waals surface area contributed by atoms with Crippen molar-refractivity contribution in [3.63, 3.8) is 0 Å². The van der Waals surface area contributed by atoms with E-state index in [1.54, 1.807) is 11.8 Å². The zero-order chi connectivity index (χ0) is 17.4. The second kappa shape index (κ2) is 6.60. The first-order valence-corrected chi connectivity index (χ1v) is 9.04. The van der Waals surface area contributed by atoms with Crippen molar-refractivity contribution >= 4 is 11.0 Å². The van der Waals surface area contributed by atoms with Crippen LogP contribution >= 0.6 is 0 Å². The van der Waals surface area contributed by atoms with E-state index in [4.69, 9.17) is 4.42 Å². The summed E-state index contributed by atoms with van der Waals surface area (Å²) in [4.78, 5) is 13.5. The number of phenolic OH excluding ortho intramolecular Hbond substituents is 1. The Morgan fingerprint density at radius 1 is 1.21 bits per heavy atom. The lowest BCUT2D eigenvalue weighted by Gasteiger charge is -2.32. The average Bonchev–Trinajstić information content (AvgIpc) is 2.59. The number of aromatic hydroxyl groups is 1. The molecule has 4 nitrogen and oxygen atoms in total. The lowest BCUT2D eigenvalue weighted by molar-refractivity contribution is -0.944. The number of hydrogen-bond donors (Lipinski definition) is 2. The van der Waals surface area contributed by atoms with Gasteiger partial charge in [0.15, 0.2) is 0 Å². The molecular formula is C20H28NO3+. The monoisotopic (exact) mass is 330 g/mol. The van der Waals surface area contributed by atoms with E-state index in [-0.39, 0.29) is 11.4 Å². The molecule has 2 heterocycles. The van der Waals surface area contributed by atoms with Gasteiger partial charge in [-0.15, -0.1) is 0 Å². The second-order valence-corrected chi connectivity index (χ2v) is 7.21. The maximum absolute atomic E-state index is 11.9. The molecule has 0 saturated carbocycles. The number of aryl methyl sites for hydroxylation is 2. The Labute approximate surface area is 143 Å². The number of benzene rings is 1. The van der Waals surface area contributed by atoms with Crippen LogP contribution in [0.1, 0.15) is 54.9 Å². The molecule has 4 heteroatoms. The molecule has 0 aliphatic carbocycles. The van der Waals surface area contributed by atoms with Gasteiger partial charge in [0.1, 0.15) is 17.9 Å². The minimum Gasteiger partial charge on any atom is -0.507 e. The summed E-state index contributed by atoms with van der Waals surface area (Å²) in [5.74, 6) is 0.279. The molecule has 2 aromatic rings. The largest absolute Gasteiger partial charge is 0.507 e. The van der Waals surface area contributed by atoms with Crippen molar-refractivity contribution < 1.29 is 14.4 Å². The summed E-state index contributed by atoms with van der Waals surface area (Å²) < 4.78 is 5.45. The van der Waals surface area contributed by atoms with Crippen LogP contribution in [0.3, 0.4) is 0 Å². The van der Waals surface area contributed by atoms with Gasteiger partial charge in [0.05, 0.1) is 12.6 Å². The van der Waals surface area contributed by atoms with Gasteiger partial charge in [0.2, 0.25) is 0 Å². The fraction of sp³-hybridized carbons (Fsp3) is 0.550. The Morgan fingerprint density at radius 2 is 1.96 bits per heavy atom. The molecule has 1 aromatic heterocycles. The van der Waals surface area contributed by atoms with Crippen LogP contribution in [0.4, 0.5) is 0 Å². The molecule has 1 unspecified atom stereocenters. The molecule has 1 saturated heterocycles.